The third-order valence-electron chi connectivity index (χ3n) is 2.87. The molecule has 0 aromatic carbocycles. The van der Waals surface area contributed by atoms with Crippen LogP contribution in [0, 0.1) is 5.92 Å². The number of amides is 1. The maximum absolute atomic E-state index is 11.7. The largest absolute Gasteiger partial charge is 0.469 e. The van der Waals surface area contributed by atoms with Crippen molar-refractivity contribution in [3.05, 3.63) is 18.0 Å². The highest BCUT2D eigenvalue weighted by Crippen LogP contribution is 2.20. The van der Waals surface area contributed by atoms with Crippen LogP contribution in [0.15, 0.2) is 12.3 Å². The molecule has 0 spiro atoms. The minimum atomic E-state index is -0.337. The molecule has 1 saturated heterocycles. The Labute approximate surface area is 99.1 Å². The van der Waals surface area contributed by atoms with Crippen LogP contribution in [0.25, 0.3) is 0 Å². The summed E-state index contributed by atoms with van der Waals surface area (Å²) in [4.78, 5) is 24.7. The zero-order chi connectivity index (χ0) is 12.4. The summed E-state index contributed by atoms with van der Waals surface area (Å²) in [5.41, 5.74) is 0.825. The van der Waals surface area contributed by atoms with Gasteiger partial charge in [0.05, 0.1) is 25.3 Å². The summed E-state index contributed by atoms with van der Waals surface area (Å²) in [5, 5.41) is 4.21. The van der Waals surface area contributed by atoms with Crippen LogP contribution in [0.4, 0.5) is 0 Å². The van der Waals surface area contributed by atoms with Crippen LogP contribution in [0.5, 0.6) is 0 Å². The Balaban J connectivity index is 1.99. The molecule has 0 saturated carbocycles. The van der Waals surface area contributed by atoms with E-state index in [0.717, 1.165) is 5.69 Å². The highest BCUT2D eigenvalue weighted by molar-refractivity contribution is 5.86. The number of esters is 1. The van der Waals surface area contributed by atoms with Gasteiger partial charge in [0, 0.05) is 26.2 Å². The molecule has 1 atom stereocenters. The number of carbonyl (C=O) groups is 2. The summed E-state index contributed by atoms with van der Waals surface area (Å²) in [6.45, 7) is 0.870. The number of aryl methyl sites for hydroxylation is 1. The van der Waals surface area contributed by atoms with Gasteiger partial charge >= 0.3 is 5.97 Å². The summed E-state index contributed by atoms with van der Waals surface area (Å²) in [7, 11) is 3.17. The number of hydrogen-bond donors (Lipinski definition) is 0. The van der Waals surface area contributed by atoms with E-state index in [1.54, 1.807) is 9.58 Å². The van der Waals surface area contributed by atoms with Gasteiger partial charge in [-0.2, -0.15) is 5.10 Å². The SMILES string of the molecule is COC(=O)C1CC(=O)N(Cc2ccn(C)n2)C1. The summed E-state index contributed by atoms with van der Waals surface area (Å²) >= 11 is 0. The van der Waals surface area contributed by atoms with E-state index in [1.165, 1.54) is 7.11 Å². The third kappa shape index (κ3) is 2.46. The van der Waals surface area contributed by atoms with Gasteiger partial charge in [-0.25, -0.2) is 0 Å². The van der Waals surface area contributed by atoms with E-state index >= 15 is 0 Å². The first-order valence-electron chi connectivity index (χ1n) is 5.44. The Hall–Kier alpha value is -1.85. The summed E-state index contributed by atoms with van der Waals surface area (Å²) in [5.74, 6) is -0.677. The van der Waals surface area contributed by atoms with Crippen LogP contribution in [0.3, 0.4) is 0 Å². The smallest absolute Gasteiger partial charge is 0.310 e. The average Bonchev–Trinajstić information content (AvgIpc) is 2.86. The maximum atomic E-state index is 11.7. The minimum Gasteiger partial charge on any atom is -0.469 e. The Morgan fingerprint density at radius 1 is 1.65 bits per heavy atom. The molecule has 6 nitrogen and oxygen atoms in total. The van der Waals surface area contributed by atoms with Crippen LogP contribution >= 0.6 is 0 Å². The summed E-state index contributed by atoms with van der Waals surface area (Å²) in [6.07, 6.45) is 2.06. The predicted molar refractivity (Wildman–Crippen MR) is 58.7 cm³/mol. The highest BCUT2D eigenvalue weighted by Gasteiger charge is 2.35. The first kappa shape index (κ1) is 11.6. The van der Waals surface area contributed by atoms with Gasteiger partial charge in [-0.05, 0) is 6.07 Å². The fourth-order valence-electron chi connectivity index (χ4n) is 1.99. The third-order valence-corrected chi connectivity index (χ3v) is 2.87. The second-order valence-electron chi connectivity index (χ2n) is 4.18. The molecule has 6 heteroatoms. The van der Waals surface area contributed by atoms with Gasteiger partial charge in [0.25, 0.3) is 0 Å². The van der Waals surface area contributed by atoms with E-state index in [2.05, 4.69) is 9.84 Å². The molecule has 1 unspecified atom stereocenters. The standard InChI is InChI=1S/C11H15N3O3/c1-13-4-3-9(12-13)7-14-6-8(5-10(14)15)11(16)17-2/h3-4,8H,5-7H2,1-2H3. The average molecular weight is 237 g/mol. The number of nitrogens with zero attached hydrogens (tertiary/aromatic N) is 3. The molecule has 0 N–H and O–H groups in total. The van der Waals surface area contributed by atoms with Crippen molar-refractivity contribution in [2.75, 3.05) is 13.7 Å². The lowest BCUT2D eigenvalue weighted by Crippen LogP contribution is -2.26. The molecule has 0 bridgehead atoms. The normalized spacial score (nSPS) is 19.8. The van der Waals surface area contributed by atoms with Crippen molar-refractivity contribution in [3.63, 3.8) is 0 Å². The lowest BCUT2D eigenvalue weighted by atomic mass is 10.1. The van der Waals surface area contributed by atoms with Crippen LogP contribution in [0.2, 0.25) is 0 Å². The molecule has 1 fully saturated rings. The highest BCUT2D eigenvalue weighted by atomic mass is 16.5. The van der Waals surface area contributed by atoms with Gasteiger partial charge in [-0.3, -0.25) is 14.3 Å². The molecule has 0 radical (unpaired) electrons. The number of ether oxygens (including phenoxy) is 1. The zero-order valence-electron chi connectivity index (χ0n) is 9.92. The first-order chi connectivity index (χ1) is 8.10. The lowest BCUT2D eigenvalue weighted by Gasteiger charge is -2.14. The molecule has 1 aromatic heterocycles. The summed E-state index contributed by atoms with van der Waals surface area (Å²) in [6, 6.07) is 1.86. The van der Waals surface area contributed by atoms with Crippen LogP contribution < -0.4 is 0 Å². The van der Waals surface area contributed by atoms with E-state index < -0.39 is 0 Å². The number of hydrogen-bond acceptors (Lipinski definition) is 4. The van der Waals surface area contributed by atoms with Gasteiger partial charge in [0.1, 0.15) is 0 Å². The van der Waals surface area contributed by atoms with Gasteiger partial charge in [-0.15, -0.1) is 0 Å². The van der Waals surface area contributed by atoms with Crippen molar-refractivity contribution in [2.45, 2.75) is 13.0 Å². The fourth-order valence-corrected chi connectivity index (χ4v) is 1.99. The molecule has 92 valence electrons. The van der Waals surface area contributed by atoms with Crippen molar-refractivity contribution < 1.29 is 14.3 Å². The molecule has 17 heavy (non-hydrogen) atoms. The molecular formula is C11H15N3O3. The van der Waals surface area contributed by atoms with Crippen LogP contribution in [-0.2, 0) is 27.9 Å². The van der Waals surface area contributed by atoms with Gasteiger partial charge in [0.2, 0.25) is 5.91 Å². The van der Waals surface area contributed by atoms with E-state index in [1.807, 2.05) is 19.3 Å². The van der Waals surface area contributed by atoms with E-state index in [4.69, 9.17) is 0 Å². The van der Waals surface area contributed by atoms with E-state index in [9.17, 15) is 9.59 Å². The Morgan fingerprint density at radius 2 is 2.41 bits per heavy atom. The second-order valence-corrected chi connectivity index (χ2v) is 4.18. The molecule has 0 aliphatic carbocycles. The molecule has 1 aliphatic rings. The van der Waals surface area contributed by atoms with Crippen molar-refractivity contribution >= 4 is 11.9 Å². The Kier molecular flexibility index (Phi) is 3.12. The van der Waals surface area contributed by atoms with Crippen molar-refractivity contribution in [1.29, 1.82) is 0 Å². The fraction of sp³-hybridized carbons (Fsp3) is 0.545. The molecular weight excluding hydrogens is 222 g/mol. The van der Waals surface area contributed by atoms with E-state index in [-0.39, 0.29) is 24.2 Å². The number of aromatic nitrogens is 2. The monoisotopic (exact) mass is 237 g/mol. The topological polar surface area (TPSA) is 64.4 Å². The van der Waals surface area contributed by atoms with Crippen molar-refractivity contribution in [2.24, 2.45) is 13.0 Å². The van der Waals surface area contributed by atoms with E-state index in [0.29, 0.717) is 13.1 Å². The first-order valence-corrected chi connectivity index (χ1v) is 5.44. The Morgan fingerprint density at radius 3 is 3.00 bits per heavy atom. The molecule has 2 heterocycles. The number of rotatable bonds is 3. The summed E-state index contributed by atoms with van der Waals surface area (Å²) < 4.78 is 6.34. The minimum absolute atomic E-state index is 0.0222. The molecule has 1 aliphatic heterocycles. The number of likely N-dealkylation sites (tertiary alicyclic amines) is 1. The molecule has 1 aromatic rings. The maximum Gasteiger partial charge on any atom is 0.310 e. The van der Waals surface area contributed by atoms with Crippen molar-refractivity contribution in [1.82, 2.24) is 14.7 Å². The number of methoxy groups -OCH3 is 1. The predicted octanol–water partition coefficient (Wildman–Crippen LogP) is -0.0584. The number of carbonyl (C=O) groups excluding carboxylic acids is 2. The van der Waals surface area contributed by atoms with Crippen LogP contribution in [-0.4, -0.2) is 40.2 Å². The quantitative estimate of drug-likeness (QED) is 0.691. The zero-order valence-corrected chi connectivity index (χ0v) is 9.92. The van der Waals surface area contributed by atoms with Gasteiger partial charge in [0.15, 0.2) is 0 Å². The Bertz CT molecular complexity index is 441. The molecule has 1 amide bonds. The second kappa shape index (κ2) is 4.57. The van der Waals surface area contributed by atoms with Crippen molar-refractivity contribution in [3.8, 4) is 0 Å². The lowest BCUT2D eigenvalue weighted by molar-refractivity contribution is -0.145. The van der Waals surface area contributed by atoms with Gasteiger partial charge < -0.3 is 9.64 Å². The molecule has 2 rings (SSSR count). The van der Waals surface area contributed by atoms with Gasteiger partial charge in [-0.1, -0.05) is 0 Å². The van der Waals surface area contributed by atoms with Crippen LogP contribution in [0.1, 0.15) is 12.1 Å².